The standard InChI is InChI=1S/C38H66O4/c1-3-37(36-30-24-23-25-31-36)41-34-28-21-17-13-9-5-7-11-15-19-26-32-40-33-27-20-16-12-8-6-10-14-18-22-29-35-42-38(39)4-2/h4,23-25,30-31,37H,2-3,5-22,26-29,32-35H2,1H3. The van der Waals surface area contributed by atoms with Crippen LogP contribution in [-0.4, -0.2) is 32.4 Å². The van der Waals surface area contributed by atoms with E-state index in [0.717, 1.165) is 39.1 Å². The van der Waals surface area contributed by atoms with E-state index in [1.54, 1.807) is 0 Å². The zero-order chi connectivity index (χ0) is 30.2. The number of ether oxygens (including phenoxy) is 3. The Bertz CT molecular complexity index is 704. The van der Waals surface area contributed by atoms with Gasteiger partial charge in [0.05, 0.1) is 12.7 Å². The second kappa shape index (κ2) is 30.8. The van der Waals surface area contributed by atoms with Gasteiger partial charge in [0.2, 0.25) is 0 Å². The molecule has 242 valence electrons. The van der Waals surface area contributed by atoms with E-state index in [4.69, 9.17) is 14.2 Å². The summed E-state index contributed by atoms with van der Waals surface area (Å²) >= 11 is 0. The van der Waals surface area contributed by atoms with Crippen LogP contribution in [0.2, 0.25) is 0 Å². The Hall–Kier alpha value is -1.65. The minimum atomic E-state index is -0.307. The first kappa shape index (κ1) is 38.4. The lowest BCUT2D eigenvalue weighted by Crippen LogP contribution is -2.04. The van der Waals surface area contributed by atoms with Crippen LogP contribution in [0.25, 0.3) is 0 Å². The lowest BCUT2D eigenvalue weighted by molar-refractivity contribution is -0.137. The predicted octanol–water partition coefficient (Wildman–Crippen LogP) is 11.5. The molecule has 0 heterocycles. The summed E-state index contributed by atoms with van der Waals surface area (Å²) in [6.07, 6.45) is 31.2. The number of hydrogen-bond acceptors (Lipinski definition) is 4. The lowest BCUT2D eigenvalue weighted by atomic mass is 10.1. The third-order valence-electron chi connectivity index (χ3n) is 8.14. The summed E-state index contributed by atoms with van der Waals surface area (Å²) in [6, 6.07) is 10.6. The molecule has 0 amide bonds. The number of carbonyl (C=O) groups excluding carboxylic acids is 1. The highest BCUT2D eigenvalue weighted by Gasteiger charge is 2.08. The van der Waals surface area contributed by atoms with Crippen molar-refractivity contribution in [2.24, 2.45) is 0 Å². The van der Waals surface area contributed by atoms with Crippen LogP contribution < -0.4 is 0 Å². The van der Waals surface area contributed by atoms with E-state index in [2.05, 4.69) is 43.8 Å². The second-order valence-electron chi connectivity index (χ2n) is 11.9. The van der Waals surface area contributed by atoms with Crippen molar-refractivity contribution < 1.29 is 19.0 Å². The van der Waals surface area contributed by atoms with Crippen LogP contribution in [0.3, 0.4) is 0 Å². The van der Waals surface area contributed by atoms with E-state index >= 15 is 0 Å². The monoisotopic (exact) mass is 586 g/mol. The molecule has 1 rings (SSSR count). The molecule has 0 aromatic heterocycles. The van der Waals surface area contributed by atoms with Crippen LogP contribution in [0.5, 0.6) is 0 Å². The molecule has 0 saturated heterocycles. The highest BCUT2D eigenvalue weighted by Crippen LogP contribution is 2.21. The van der Waals surface area contributed by atoms with Gasteiger partial charge < -0.3 is 14.2 Å². The summed E-state index contributed by atoms with van der Waals surface area (Å²) in [5.41, 5.74) is 1.31. The summed E-state index contributed by atoms with van der Waals surface area (Å²) in [6.45, 7) is 8.93. The summed E-state index contributed by atoms with van der Waals surface area (Å²) < 4.78 is 17.0. The van der Waals surface area contributed by atoms with Crippen molar-refractivity contribution in [2.45, 2.75) is 161 Å². The Morgan fingerprint density at radius 2 is 0.976 bits per heavy atom. The van der Waals surface area contributed by atoms with E-state index < -0.39 is 0 Å². The SMILES string of the molecule is C=CC(=O)OCCCCCCCCCCCCCOCCCCCCCCCCCCCOC(CC)c1ccccc1. The number of esters is 1. The molecule has 1 unspecified atom stereocenters. The molecule has 4 nitrogen and oxygen atoms in total. The maximum atomic E-state index is 10.9. The normalized spacial score (nSPS) is 11.9. The van der Waals surface area contributed by atoms with Crippen LogP contribution in [-0.2, 0) is 19.0 Å². The fourth-order valence-corrected chi connectivity index (χ4v) is 5.47. The van der Waals surface area contributed by atoms with Crippen molar-refractivity contribution in [3.63, 3.8) is 0 Å². The first-order valence-electron chi connectivity index (χ1n) is 17.8. The average Bonchev–Trinajstić information content (AvgIpc) is 3.02. The zero-order valence-corrected chi connectivity index (χ0v) is 27.5. The average molecular weight is 587 g/mol. The van der Waals surface area contributed by atoms with Crippen LogP contribution >= 0.6 is 0 Å². The van der Waals surface area contributed by atoms with Gasteiger partial charge >= 0.3 is 5.97 Å². The molecule has 0 aliphatic rings. The molecule has 0 fully saturated rings. The third kappa shape index (κ3) is 24.9. The molecule has 1 aromatic carbocycles. The number of hydrogen-bond donors (Lipinski definition) is 0. The molecule has 0 N–H and O–H groups in total. The Morgan fingerprint density at radius 3 is 1.38 bits per heavy atom. The first-order valence-corrected chi connectivity index (χ1v) is 17.8. The number of rotatable bonds is 32. The van der Waals surface area contributed by atoms with Crippen molar-refractivity contribution in [1.82, 2.24) is 0 Å². The predicted molar refractivity (Wildman–Crippen MR) is 179 cm³/mol. The quantitative estimate of drug-likeness (QED) is 0.0478. The minimum Gasteiger partial charge on any atom is -0.463 e. The lowest BCUT2D eigenvalue weighted by Gasteiger charge is -2.16. The van der Waals surface area contributed by atoms with Gasteiger partial charge in [-0.15, -0.1) is 0 Å². The molecule has 0 saturated carbocycles. The summed E-state index contributed by atoms with van der Waals surface area (Å²) in [4.78, 5) is 10.9. The molecule has 1 aromatic rings. The van der Waals surface area contributed by atoms with Crippen molar-refractivity contribution in [2.75, 3.05) is 26.4 Å². The molecular formula is C38H66O4. The topological polar surface area (TPSA) is 44.8 Å². The number of carbonyl (C=O) groups is 1. The zero-order valence-electron chi connectivity index (χ0n) is 27.5. The van der Waals surface area contributed by atoms with E-state index in [0.29, 0.717) is 6.61 Å². The van der Waals surface area contributed by atoms with Crippen molar-refractivity contribution in [1.29, 1.82) is 0 Å². The largest absolute Gasteiger partial charge is 0.463 e. The third-order valence-corrected chi connectivity index (χ3v) is 8.14. The van der Waals surface area contributed by atoms with Gasteiger partial charge in [-0.1, -0.05) is 159 Å². The van der Waals surface area contributed by atoms with Gasteiger partial charge in [-0.25, -0.2) is 4.79 Å². The Labute approximate surface area is 260 Å². The van der Waals surface area contributed by atoms with Crippen molar-refractivity contribution >= 4 is 5.97 Å². The number of unbranched alkanes of at least 4 members (excludes halogenated alkanes) is 20. The Kier molecular flexibility index (Phi) is 28.1. The molecule has 0 radical (unpaired) electrons. The first-order chi connectivity index (χ1) is 20.8. The molecule has 1 atom stereocenters. The second-order valence-corrected chi connectivity index (χ2v) is 11.9. The molecule has 0 bridgehead atoms. The van der Waals surface area contributed by atoms with Gasteiger partial charge in [0.15, 0.2) is 0 Å². The number of benzene rings is 1. The Morgan fingerprint density at radius 1 is 0.595 bits per heavy atom. The fourth-order valence-electron chi connectivity index (χ4n) is 5.47. The van der Waals surface area contributed by atoms with E-state index in [1.165, 1.54) is 140 Å². The maximum Gasteiger partial charge on any atom is 0.330 e. The maximum absolute atomic E-state index is 10.9. The van der Waals surface area contributed by atoms with Crippen molar-refractivity contribution in [3.8, 4) is 0 Å². The van der Waals surface area contributed by atoms with Gasteiger partial charge in [-0.2, -0.15) is 0 Å². The summed E-state index contributed by atoms with van der Waals surface area (Å²) in [7, 11) is 0. The summed E-state index contributed by atoms with van der Waals surface area (Å²) in [5, 5.41) is 0. The van der Waals surface area contributed by atoms with E-state index in [9.17, 15) is 4.79 Å². The fraction of sp³-hybridized carbons (Fsp3) is 0.763. The highest BCUT2D eigenvalue weighted by atomic mass is 16.5. The van der Waals surface area contributed by atoms with Gasteiger partial charge in [0.25, 0.3) is 0 Å². The minimum absolute atomic E-state index is 0.256. The molecular weight excluding hydrogens is 520 g/mol. The van der Waals surface area contributed by atoms with E-state index in [1.807, 2.05) is 0 Å². The highest BCUT2D eigenvalue weighted by molar-refractivity contribution is 5.81. The molecule has 0 aliphatic heterocycles. The van der Waals surface area contributed by atoms with Gasteiger partial charge in [-0.05, 0) is 37.7 Å². The van der Waals surface area contributed by atoms with Crippen LogP contribution in [0.4, 0.5) is 0 Å². The Balaban J connectivity index is 1.68. The molecule has 4 heteroatoms. The molecule has 42 heavy (non-hydrogen) atoms. The van der Waals surface area contributed by atoms with Gasteiger partial charge in [-0.3, -0.25) is 0 Å². The van der Waals surface area contributed by atoms with Gasteiger partial charge in [0.1, 0.15) is 0 Å². The van der Waals surface area contributed by atoms with E-state index in [-0.39, 0.29) is 12.1 Å². The van der Waals surface area contributed by atoms with Crippen LogP contribution in [0.1, 0.15) is 166 Å². The van der Waals surface area contributed by atoms with Crippen molar-refractivity contribution in [3.05, 3.63) is 48.6 Å². The van der Waals surface area contributed by atoms with Crippen LogP contribution in [0.15, 0.2) is 43.0 Å². The molecule has 0 aliphatic carbocycles. The van der Waals surface area contributed by atoms with Crippen LogP contribution in [0, 0.1) is 0 Å². The summed E-state index contributed by atoms with van der Waals surface area (Å²) in [5.74, 6) is -0.307. The smallest absolute Gasteiger partial charge is 0.330 e. The molecule has 0 spiro atoms. The van der Waals surface area contributed by atoms with Gasteiger partial charge in [0, 0.05) is 25.9 Å².